The zero-order chi connectivity index (χ0) is 21.4. The molecular formula is C21H34ClF3N4. The van der Waals surface area contributed by atoms with Crippen LogP contribution < -0.4 is 21.7 Å². The minimum absolute atomic E-state index is 0.0176. The fraction of sp³-hybridized carbons (Fsp3) is 0.714. The summed E-state index contributed by atoms with van der Waals surface area (Å²) >= 11 is 6.31. The van der Waals surface area contributed by atoms with Gasteiger partial charge in [0.2, 0.25) is 0 Å². The number of alkyl halides is 4. The fourth-order valence-electron chi connectivity index (χ4n) is 3.92. The first-order valence-electron chi connectivity index (χ1n) is 10.4. The van der Waals surface area contributed by atoms with Crippen molar-refractivity contribution in [1.82, 2.24) is 16.0 Å². The Morgan fingerprint density at radius 3 is 2.76 bits per heavy atom. The summed E-state index contributed by atoms with van der Waals surface area (Å²) in [5.41, 5.74) is 7.63. The number of unbranched alkanes of at least 4 members (excludes halogenated alkanes) is 1. The number of hydrogen-bond donors (Lipinski definition) is 4. The van der Waals surface area contributed by atoms with Crippen molar-refractivity contribution in [2.75, 3.05) is 19.6 Å². The zero-order valence-electron chi connectivity index (χ0n) is 17.0. The molecule has 8 heteroatoms. The molecular weight excluding hydrogens is 401 g/mol. The smallest absolute Gasteiger partial charge is 0.389 e. The topological polar surface area (TPSA) is 62.1 Å². The van der Waals surface area contributed by atoms with E-state index in [4.69, 9.17) is 17.3 Å². The van der Waals surface area contributed by atoms with Crippen LogP contribution in [-0.2, 0) is 0 Å². The van der Waals surface area contributed by atoms with E-state index in [0.717, 1.165) is 37.9 Å². The van der Waals surface area contributed by atoms with Crippen molar-refractivity contribution in [2.45, 2.75) is 62.7 Å². The molecule has 0 amide bonds. The van der Waals surface area contributed by atoms with Crippen molar-refractivity contribution in [1.29, 1.82) is 0 Å². The summed E-state index contributed by atoms with van der Waals surface area (Å²) in [4.78, 5) is 0. The van der Waals surface area contributed by atoms with Crippen LogP contribution in [0.5, 0.6) is 0 Å². The predicted octanol–water partition coefficient (Wildman–Crippen LogP) is 4.15. The molecule has 2 aliphatic heterocycles. The molecule has 0 aromatic rings. The van der Waals surface area contributed by atoms with Gasteiger partial charge in [0.25, 0.3) is 0 Å². The van der Waals surface area contributed by atoms with Crippen molar-refractivity contribution >= 4 is 11.6 Å². The number of nitrogens with two attached hydrogens (primary N) is 1. The molecule has 2 aliphatic rings. The van der Waals surface area contributed by atoms with Gasteiger partial charge < -0.3 is 16.4 Å². The molecule has 4 unspecified atom stereocenters. The van der Waals surface area contributed by atoms with E-state index in [0.29, 0.717) is 37.8 Å². The van der Waals surface area contributed by atoms with E-state index < -0.39 is 11.7 Å². The molecule has 1 fully saturated rings. The molecule has 166 valence electrons. The summed E-state index contributed by atoms with van der Waals surface area (Å²) in [5, 5.41) is 10.2. The Labute approximate surface area is 177 Å². The van der Waals surface area contributed by atoms with Crippen LogP contribution in [-0.4, -0.2) is 37.4 Å². The van der Waals surface area contributed by atoms with Crippen molar-refractivity contribution < 1.29 is 13.2 Å². The highest BCUT2D eigenvalue weighted by Crippen LogP contribution is 2.34. The van der Waals surface area contributed by atoms with Gasteiger partial charge in [-0.05, 0) is 69.2 Å². The number of halogens is 4. The molecule has 0 radical (unpaired) electrons. The molecule has 0 aliphatic carbocycles. The molecule has 0 bridgehead atoms. The Bertz CT molecular complexity index is 591. The number of nitrogens with one attached hydrogen (secondary N) is 3. The van der Waals surface area contributed by atoms with E-state index in [2.05, 4.69) is 35.3 Å². The number of rotatable bonds is 12. The highest BCUT2D eigenvalue weighted by atomic mass is 35.5. The minimum atomic E-state index is -4.28. The van der Waals surface area contributed by atoms with E-state index in [9.17, 15) is 13.2 Å². The average molecular weight is 435 g/mol. The lowest BCUT2D eigenvalue weighted by atomic mass is 9.84. The lowest BCUT2D eigenvalue weighted by molar-refractivity contribution is -0.0937. The van der Waals surface area contributed by atoms with Crippen molar-refractivity contribution in [3.05, 3.63) is 36.2 Å². The second-order valence-electron chi connectivity index (χ2n) is 8.14. The van der Waals surface area contributed by atoms with E-state index >= 15 is 0 Å². The predicted molar refractivity (Wildman–Crippen MR) is 113 cm³/mol. The van der Waals surface area contributed by atoms with Gasteiger partial charge in [0.05, 0.1) is 6.17 Å². The van der Waals surface area contributed by atoms with Crippen LogP contribution in [0.1, 0.15) is 44.9 Å². The number of allylic oxidation sites excluding steroid dienone is 2. The Balaban J connectivity index is 1.62. The summed E-state index contributed by atoms with van der Waals surface area (Å²) in [6.45, 7) is 9.19. The summed E-state index contributed by atoms with van der Waals surface area (Å²) in [7, 11) is 0. The zero-order valence-corrected chi connectivity index (χ0v) is 17.7. The summed E-state index contributed by atoms with van der Waals surface area (Å²) in [6, 6.07) is 0. The fourth-order valence-corrected chi connectivity index (χ4v) is 4.20. The van der Waals surface area contributed by atoms with Gasteiger partial charge in [0.1, 0.15) is 0 Å². The normalized spacial score (nSPS) is 25.0. The third-order valence-electron chi connectivity index (χ3n) is 5.79. The summed E-state index contributed by atoms with van der Waals surface area (Å²) < 4.78 is 37.2. The van der Waals surface area contributed by atoms with Gasteiger partial charge >= 0.3 is 6.18 Å². The van der Waals surface area contributed by atoms with E-state index in [1.807, 2.05) is 0 Å². The third-order valence-corrected chi connectivity index (χ3v) is 6.12. The van der Waals surface area contributed by atoms with Crippen LogP contribution >= 0.6 is 11.6 Å². The van der Waals surface area contributed by atoms with E-state index in [1.54, 1.807) is 0 Å². The molecule has 1 saturated heterocycles. The van der Waals surface area contributed by atoms with Crippen LogP contribution in [0.3, 0.4) is 0 Å². The first-order valence-corrected chi connectivity index (χ1v) is 10.8. The highest BCUT2D eigenvalue weighted by Gasteiger charge is 2.35. The van der Waals surface area contributed by atoms with Crippen LogP contribution in [0.15, 0.2) is 36.2 Å². The molecule has 4 atom stereocenters. The van der Waals surface area contributed by atoms with Crippen molar-refractivity contribution in [2.24, 2.45) is 17.6 Å². The molecule has 0 aromatic heterocycles. The van der Waals surface area contributed by atoms with E-state index in [1.165, 1.54) is 5.57 Å². The third kappa shape index (κ3) is 7.87. The Kier molecular flexibility index (Phi) is 9.37. The largest absolute Gasteiger partial charge is 0.412 e. The van der Waals surface area contributed by atoms with Gasteiger partial charge in [-0.25, -0.2) is 0 Å². The number of fused-ring (bicyclic) bond motifs is 1. The number of piperidine rings is 1. The number of hydrogen-bond acceptors (Lipinski definition) is 4. The van der Waals surface area contributed by atoms with Crippen molar-refractivity contribution in [3.63, 3.8) is 0 Å². The quantitative estimate of drug-likeness (QED) is 0.212. The lowest BCUT2D eigenvalue weighted by Gasteiger charge is -2.32. The standard InChI is InChI=1S/C21H34ClF3N4/c1-14(21(23,24)25)5-3-4-8-27-15(2)6-7-16(11-26)9-17-12-28-20-19(17)10-18(22)13-29-20/h12,16,18-20,27-29H,1-11,13,26H2. The molecule has 2 rings (SSSR count). The van der Waals surface area contributed by atoms with Gasteiger partial charge in [-0.3, -0.25) is 5.32 Å². The maximum atomic E-state index is 12.4. The van der Waals surface area contributed by atoms with E-state index in [-0.39, 0.29) is 18.0 Å². The maximum Gasteiger partial charge on any atom is 0.412 e. The first kappa shape index (κ1) is 24.1. The molecule has 2 heterocycles. The van der Waals surface area contributed by atoms with Crippen LogP contribution in [0.4, 0.5) is 13.2 Å². The van der Waals surface area contributed by atoms with Crippen LogP contribution in [0.25, 0.3) is 0 Å². The van der Waals surface area contributed by atoms with Gasteiger partial charge in [0, 0.05) is 35.7 Å². The van der Waals surface area contributed by atoms with Crippen LogP contribution in [0.2, 0.25) is 0 Å². The summed E-state index contributed by atoms with van der Waals surface area (Å²) in [6.07, 6.45) is 2.87. The molecule has 0 aromatic carbocycles. The molecule has 5 N–H and O–H groups in total. The van der Waals surface area contributed by atoms with Gasteiger partial charge in [0.15, 0.2) is 0 Å². The Morgan fingerprint density at radius 2 is 2.07 bits per heavy atom. The monoisotopic (exact) mass is 434 g/mol. The first-order chi connectivity index (χ1) is 13.7. The average Bonchev–Trinajstić information content (AvgIpc) is 3.05. The van der Waals surface area contributed by atoms with Crippen molar-refractivity contribution in [3.8, 4) is 0 Å². The molecule has 0 saturated carbocycles. The minimum Gasteiger partial charge on any atom is -0.389 e. The van der Waals surface area contributed by atoms with Crippen LogP contribution in [0, 0.1) is 11.8 Å². The van der Waals surface area contributed by atoms with Gasteiger partial charge in [-0.1, -0.05) is 13.2 Å². The molecule has 29 heavy (non-hydrogen) atoms. The second-order valence-corrected chi connectivity index (χ2v) is 8.76. The van der Waals surface area contributed by atoms with Gasteiger partial charge in [-0.2, -0.15) is 13.2 Å². The Hall–Kier alpha value is -1.18. The highest BCUT2D eigenvalue weighted by molar-refractivity contribution is 6.20. The Morgan fingerprint density at radius 1 is 1.31 bits per heavy atom. The molecule has 4 nitrogen and oxygen atoms in total. The lowest BCUT2D eigenvalue weighted by Crippen LogP contribution is -2.49. The molecule has 0 spiro atoms. The van der Waals surface area contributed by atoms with Gasteiger partial charge in [-0.15, -0.1) is 11.6 Å². The second kappa shape index (κ2) is 11.3. The maximum absolute atomic E-state index is 12.4. The summed E-state index contributed by atoms with van der Waals surface area (Å²) in [5.74, 6) is 0.791. The SMILES string of the molecule is C=C(CCC(CN)CC1=CNC2NCC(Cl)CC12)NCCCCC(=C)C(F)(F)F.